The zero-order chi connectivity index (χ0) is 9.71. The van der Waals surface area contributed by atoms with E-state index in [0.717, 1.165) is 15.9 Å². The van der Waals surface area contributed by atoms with Crippen LogP contribution in [0.4, 0.5) is 5.82 Å². The molecule has 5 heteroatoms. The molecule has 0 aromatic carbocycles. The van der Waals surface area contributed by atoms with Crippen LogP contribution >= 0.6 is 12.2 Å². The number of rotatable bonds is 1. The van der Waals surface area contributed by atoms with Crippen molar-refractivity contribution in [2.24, 2.45) is 0 Å². The van der Waals surface area contributed by atoms with Gasteiger partial charge in [-0.05, 0) is 37.2 Å². The zero-order valence-corrected chi connectivity index (χ0v) is 8.34. The van der Waals surface area contributed by atoms with Crippen molar-refractivity contribution in [3.63, 3.8) is 0 Å². The summed E-state index contributed by atoms with van der Waals surface area (Å²) < 4.78 is 2.82. The van der Waals surface area contributed by atoms with Crippen LogP contribution in [0.1, 0.15) is 18.9 Å². The number of hydrogen-bond acceptors (Lipinski definition) is 3. The molecule has 1 fully saturated rings. The summed E-state index contributed by atoms with van der Waals surface area (Å²) in [5.74, 6) is 0.543. The van der Waals surface area contributed by atoms with Gasteiger partial charge in [-0.2, -0.15) is 0 Å². The number of fused-ring (bicyclic) bond motifs is 1. The van der Waals surface area contributed by atoms with Crippen LogP contribution in [0.2, 0.25) is 0 Å². The van der Waals surface area contributed by atoms with Gasteiger partial charge in [-0.25, -0.2) is 4.98 Å². The van der Waals surface area contributed by atoms with Crippen LogP contribution in [0, 0.1) is 4.77 Å². The van der Waals surface area contributed by atoms with Gasteiger partial charge in [-0.3, -0.25) is 4.57 Å². The first-order valence-corrected chi connectivity index (χ1v) is 5.03. The fraction of sp³-hybridized carbons (Fsp3) is 0.333. The summed E-state index contributed by atoms with van der Waals surface area (Å²) in [5.41, 5.74) is 7.51. The Kier molecular flexibility index (Phi) is 1.47. The summed E-state index contributed by atoms with van der Waals surface area (Å²) in [6.07, 6.45) is 2.38. The van der Waals surface area contributed by atoms with Gasteiger partial charge in [0.05, 0.1) is 5.52 Å². The topological polar surface area (TPSA) is 59.6 Å². The largest absolute Gasteiger partial charge is 0.384 e. The lowest BCUT2D eigenvalue weighted by Gasteiger charge is -1.99. The van der Waals surface area contributed by atoms with E-state index in [0.29, 0.717) is 11.9 Å². The Labute approximate surface area is 85.8 Å². The van der Waals surface area contributed by atoms with Gasteiger partial charge in [0, 0.05) is 6.04 Å². The molecule has 0 unspecified atom stereocenters. The molecule has 1 aliphatic carbocycles. The molecule has 72 valence electrons. The molecule has 0 saturated heterocycles. The van der Waals surface area contributed by atoms with Crippen LogP contribution in [0.5, 0.6) is 0 Å². The molecule has 2 aromatic rings. The molecule has 0 amide bonds. The van der Waals surface area contributed by atoms with Crippen LogP contribution in [0.3, 0.4) is 0 Å². The molecule has 3 N–H and O–H groups in total. The SMILES string of the molecule is Nc1ccc2[nH]c(=S)n(C3CC3)c2n1. The third kappa shape index (κ3) is 1.05. The van der Waals surface area contributed by atoms with E-state index in [1.807, 2.05) is 6.07 Å². The van der Waals surface area contributed by atoms with Crippen LogP contribution < -0.4 is 5.73 Å². The molecule has 0 aliphatic heterocycles. The summed E-state index contributed by atoms with van der Waals surface area (Å²) in [6.45, 7) is 0. The number of nitrogen functional groups attached to an aromatic ring is 1. The monoisotopic (exact) mass is 206 g/mol. The highest BCUT2D eigenvalue weighted by molar-refractivity contribution is 7.71. The average molecular weight is 206 g/mol. The number of hydrogen-bond donors (Lipinski definition) is 2. The number of imidazole rings is 1. The summed E-state index contributed by atoms with van der Waals surface area (Å²) in [4.78, 5) is 7.44. The van der Waals surface area contributed by atoms with Gasteiger partial charge >= 0.3 is 0 Å². The number of nitrogens with one attached hydrogen (secondary N) is 1. The van der Waals surface area contributed by atoms with Gasteiger partial charge < -0.3 is 10.7 Å². The summed E-state index contributed by atoms with van der Waals surface area (Å²) in [6, 6.07) is 4.24. The number of aromatic amines is 1. The Balaban J connectivity index is 2.39. The maximum Gasteiger partial charge on any atom is 0.179 e. The molecule has 0 bridgehead atoms. The van der Waals surface area contributed by atoms with Gasteiger partial charge in [0.1, 0.15) is 5.82 Å². The van der Waals surface area contributed by atoms with Gasteiger partial charge in [0.2, 0.25) is 0 Å². The van der Waals surface area contributed by atoms with Crippen LogP contribution in [0.25, 0.3) is 11.2 Å². The molecule has 14 heavy (non-hydrogen) atoms. The highest BCUT2D eigenvalue weighted by Crippen LogP contribution is 2.37. The summed E-state index contributed by atoms with van der Waals surface area (Å²) in [7, 11) is 0. The fourth-order valence-corrected chi connectivity index (χ4v) is 2.03. The molecular weight excluding hydrogens is 196 g/mol. The van der Waals surface area contributed by atoms with Crippen molar-refractivity contribution >= 4 is 29.2 Å². The van der Waals surface area contributed by atoms with E-state index in [1.165, 1.54) is 12.8 Å². The normalized spacial score (nSPS) is 16.3. The van der Waals surface area contributed by atoms with E-state index < -0.39 is 0 Å². The minimum atomic E-state index is 0.533. The second kappa shape index (κ2) is 2.57. The van der Waals surface area contributed by atoms with Gasteiger partial charge in [-0.15, -0.1) is 0 Å². The van der Waals surface area contributed by atoms with Gasteiger partial charge in [0.25, 0.3) is 0 Å². The lowest BCUT2D eigenvalue weighted by atomic mass is 10.4. The standard InChI is InChI=1S/C9H10N4S/c10-7-4-3-6-8(12-7)13(5-1-2-5)9(14)11-6/h3-5H,1-2H2,(H2,10,12)(H,11,14). The van der Waals surface area contributed by atoms with Crippen molar-refractivity contribution < 1.29 is 0 Å². The summed E-state index contributed by atoms with van der Waals surface area (Å²) in [5, 5.41) is 0. The zero-order valence-electron chi connectivity index (χ0n) is 7.53. The Hall–Kier alpha value is -1.36. The van der Waals surface area contributed by atoms with Crippen molar-refractivity contribution in [2.45, 2.75) is 18.9 Å². The van der Waals surface area contributed by atoms with Gasteiger partial charge in [-0.1, -0.05) is 0 Å². The Bertz CT molecular complexity index is 549. The lowest BCUT2D eigenvalue weighted by Crippen LogP contribution is -1.97. The van der Waals surface area contributed by atoms with E-state index in [1.54, 1.807) is 6.07 Å². The molecule has 0 spiro atoms. The number of pyridine rings is 1. The Morgan fingerprint density at radius 3 is 3.00 bits per heavy atom. The third-order valence-electron chi connectivity index (χ3n) is 2.50. The minimum Gasteiger partial charge on any atom is -0.384 e. The first kappa shape index (κ1) is 7.99. The molecule has 3 rings (SSSR count). The van der Waals surface area contributed by atoms with Crippen molar-refractivity contribution in [1.29, 1.82) is 0 Å². The number of aromatic nitrogens is 3. The van der Waals surface area contributed by atoms with Crippen LogP contribution in [0.15, 0.2) is 12.1 Å². The molecule has 0 radical (unpaired) electrons. The molecule has 2 heterocycles. The number of nitrogens with two attached hydrogens (primary N) is 1. The number of H-pyrrole nitrogens is 1. The van der Waals surface area contributed by atoms with Crippen molar-refractivity contribution in [3.8, 4) is 0 Å². The average Bonchev–Trinajstić information content (AvgIpc) is 2.90. The van der Waals surface area contributed by atoms with E-state index in [2.05, 4.69) is 14.5 Å². The smallest absolute Gasteiger partial charge is 0.179 e. The lowest BCUT2D eigenvalue weighted by molar-refractivity contribution is 0.746. The number of anilines is 1. The molecule has 0 atom stereocenters. The first-order valence-electron chi connectivity index (χ1n) is 4.62. The highest BCUT2D eigenvalue weighted by atomic mass is 32.1. The van der Waals surface area contributed by atoms with Crippen LogP contribution in [-0.4, -0.2) is 14.5 Å². The maximum atomic E-state index is 5.65. The summed E-state index contributed by atoms with van der Waals surface area (Å²) >= 11 is 5.24. The van der Waals surface area contributed by atoms with Crippen molar-refractivity contribution in [3.05, 3.63) is 16.9 Å². The molecule has 1 saturated carbocycles. The number of nitrogens with zero attached hydrogens (tertiary/aromatic N) is 2. The second-order valence-corrected chi connectivity index (χ2v) is 4.03. The Morgan fingerprint density at radius 2 is 2.29 bits per heavy atom. The van der Waals surface area contributed by atoms with E-state index in [9.17, 15) is 0 Å². The predicted molar refractivity (Wildman–Crippen MR) is 57.6 cm³/mol. The van der Waals surface area contributed by atoms with Crippen LogP contribution in [-0.2, 0) is 0 Å². The highest BCUT2D eigenvalue weighted by Gasteiger charge is 2.26. The predicted octanol–water partition coefficient (Wildman–Crippen LogP) is 2.01. The van der Waals surface area contributed by atoms with E-state index in [4.69, 9.17) is 18.0 Å². The van der Waals surface area contributed by atoms with Gasteiger partial charge in [0.15, 0.2) is 10.4 Å². The fourth-order valence-electron chi connectivity index (χ4n) is 1.69. The molecule has 1 aliphatic rings. The van der Waals surface area contributed by atoms with E-state index >= 15 is 0 Å². The second-order valence-electron chi connectivity index (χ2n) is 3.64. The molecular formula is C9H10N4S. The van der Waals surface area contributed by atoms with Crippen molar-refractivity contribution in [1.82, 2.24) is 14.5 Å². The molecule has 2 aromatic heterocycles. The quantitative estimate of drug-likeness (QED) is 0.702. The minimum absolute atomic E-state index is 0.533. The third-order valence-corrected chi connectivity index (χ3v) is 2.80. The maximum absolute atomic E-state index is 5.65. The first-order chi connectivity index (χ1) is 6.75. The van der Waals surface area contributed by atoms with Crippen molar-refractivity contribution in [2.75, 3.05) is 5.73 Å². The van der Waals surface area contributed by atoms with E-state index in [-0.39, 0.29) is 0 Å². The Morgan fingerprint density at radius 1 is 1.50 bits per heavy atom. The molecule has 4 nitrogen and oxygen atoms in total.